The second kappa shape index (κ2) is 9.34. The van der Waals surface area contributed by atoms with Gasteiger partial charge in [0.05, 0.1) is 5.71 Å². The average molecular weight is 408 g/mol. The Kier molecular flexibility index (Phi) is 6.62. The summed E-state index contributed by atoms with van der Waals surface area (Å²) < 4.78 is 0. The highest BCUT2D eigenvalue weighted by atomic mass is 35.5. The van der Waals surface area contributed by atoms with Crippen LogP contribution in [0.15, 0.2) is 65.8 Å². The highest BCUT2D eigenvalue weighted by molar-refractivity contribution is 6.30. The van der Waals surface area contributed by atoms with Crippen LogP contribution in [0.2, 0.25) is 5.02 Å². The molecule has 5 nitrogen and oxygen atoms in total. The Balaban J connectivity index is 1.52. The number of rotatable bonds is 6. The Morgan fingerprint density at radius 3 is 2.41 bits per heavy atom. The number of hydrazone groups is 1. The minimum atomic E-state index is -0.312. The van der Waals surface area contributed by atoms with Crippen LogP contribution < -0.4 is 10.7 Å². The summed E-state index contributed by atoms with van der Waals surface area (Å²) in [5, 5.41) is 9.81. The van der Waals surface area contributed by atoms with E-state index in [1.807, 2.05) is 56.3 Å². The lowest BCUT2D eigenvalue weighted by atomic mass is 10.0. The van der Waals surface area contributed by atoms with E-state index in [9.17, 15) is 9.59 Å². The number of amides is 2. The molecule has 0 atom stereocenters. The van der Waals surface area contributed by atoms with Crippen molar-refractivity contribution in [2.45, 2.75) is 26.7 Å². The zero-order valence-electron chi connectivity index (χ0n) is 16.3. The molecule has 2 N–H and O–H groups in total. The summed E-state index contributed by atoms with van der Waals surface area (Å²) >= 11 is 5.91. The second-order valence-electron chi connectivity index (χ2n) is 6.80. The lowest BCUT2D eigenvalue weighted by Crippen LogP contribution is -2.22. The molecule has 0 aliphatic heterocycles. The Bertz CT molecular complexity index is 1090. The van der Waals surface area contributed by atoms with E-state index in [0.29, 0.717) is 16.4 Å². The van der Waals surface area contributed by atoms with Crippen molar-refractivity contribution in [3.05, 3.63) is 76.8 Å². The molecule has 0 saturated heterocycles. The molecule has 0 bridgehead atoms. The van der Waals surface area contributed by atoms with Crippen molar-refractivity contribution in [3.8, 4) is 0 Å². The Labute approximate surface area is 174 Å². The first kappa shape index (κ1) is 20.6. The molecule has 0 radical (unpaired) electrons. The van der Waals surface area contributed by atoms with Gasteiger partial charge >= 0.3 is 0 Å². The minimum Gasteiger partial charge on any atom is -0.326 e. The molecule has 0 aromatic heterocycles. The molecule has 0 saturated carbocycles. The van der Waals surface area contributed by atoms with Gasteiger partial charge < -0.3 is 5.32 Å². The maximum atomic E-state index is 12.1. The number of nitrogens with zero attached hydrogens (tertiary/aromatic N) is 1. The standard InChI is InChI=1S/C23H22ClN3O2/c1-15-13-20(24)9-10-21(15)25-22(28)11-12-23(29)27-26-16(2)18-8-7-17-5-3-4-6-19(17)14-18/h3-10,13-14H,11-12H2,1-2H3,(H,25,28)(H,27,29)/b26-16-. The average Bonchev–Trinajstić information content (AvgIpc) is 2.72. The summed E-state index contributed by atoms with van der Waals surface area (Å²) in [6.07, 6.45) is 0.116. The normalized spacial score (nSPS) is 11.3. The number of benzene rings is 3. The molecule has 3 aromatic carbocycles. The highest BCUT2D eigenvalue weighted by Gasteiger charge is 2.09. The van der Waals surface area contributed by atoms with Crippen LogP contribution in [0.3, 0.4) is 0 Å². The topological polar surface area (TPSA) is 70.6 Å². The maximum absolute atomic E-state index is 12.1. The van der Waals surface area contributed by atoms with Gasteiger partial charge in [0, 0.05) is 23.6 Å². The third kappa shape index (κ3) is 5.65. The molecule has 3 aromatic rings. The molecule has 0 heterocycles. The number of aryl methyl sites for hydroxylation is 1. The molecule has 0 spiro atoms. The number of carbonyl (C=O) groups is 2. The van der Waals surface area contributed by atoms with Gasteiger partial charge in [-0.05, 0) is 60.0 Å². The number of carbonyl (C=O) groups excluding carboxylic acids is 2. The van der Waals surface area contributed by atoms with Gasteiger partial charge in [0.2, 0.25) is 11.8 Å². The maximum Gasteiger partial charge on any atom is 0.240 e. The van der Waals surface area contributed by atoms with Crippen LogP contribution >= 0.6 is 11.6 Å². The minimum absolute atomic E-state index is 0.0486. The molecule has 0 aliphatic rings. The van der Waals surface area contributed by atoms with Crippen LogP contribution in [0, 0.1) is 6.92 Å². The molecule has 6 heteroatoms. The number of fused-ring (bicyclic) bond motifs is 1. The second-order valence-corrected chi connectivity index (χ2v) is 7.24. The predicted molar refractivity (Wildman–Crippen MR) is 118 cm³/mol. The van der Waals surface area contributed by atoms with E-state index in [1.54, 1.807) is 18.2 Å². The lowest BCUT2D eigenvalue weighted by molar-refractivity contribution is -0.124. The van der Waals surface area contributed by atoms with Gasteiger partial charge in [0.25, 0.3) is 0 Å². The Morgan fingerprint density at radius 2 is 1.66 bits per heavy atom. The number of anilines is 1. The van der Waals surface area contributed by atoms with E-state index < -0.39 is 0 Å². The number of hydrogen-bond acceptors (Lipinski definition) is 3. The number of hydrogen-bond donors (Lipinski definition) is 2. The van der Waals surface area contributed by atoms with Gasteiger partial charge in [-0.2, -0.15) is 5.10 Å². The summed E-state index contributed by atoms with van der Waals surface area (Å²) in [4.78, 5) is 24.1. The van der Waals surface area contributed by atoms with Gasteiger partial charge in [0.15, 0.2) is 0 Å². The fourth-order valence-electron chi connectivity index (χ4n) is 2.89. The first-order chi connectivity index (χ1) is 13.9. The zero-order chi connectivity index (χ0) is 20.8. The fraction of sp³-hybridized carbons (Fsp3) is 0.174. The molecule has 3 rings (SSSR count). The summed E-state index contributed by atoms with van der Waals surface area (Å²) in [7, 11) is 0. The summed E-state index contributed by atoms with van der Waals surface area (Å²) in [5.74, 6) is -0.547. The molecule has 0 unspecified atom stereocenters. The first-order valence-electron chi connectivity index (χ1n) is 9.30. The van der Waals surface area contributed by atoms with E-state index in [4.69, 9.17) is 11.6 Å². The van der Waals surface area contributed by atoms with Crippen LogP contribution in [0.5, 0.6) is 0 Å². The molecule has 0 fully saturated rings. The molecular weight excluding hydrogens is 386 g/mol. The fourth-order valence-corrected chi connectivity index (χ4v) is 3.11. The lowest BCUT2D eigenvalue weighted by Gasteiger charge is -2.08. The Hall–Kier alpha value is -3.18. The van der Waals surface area contributed by atoms with Crippen LogP contribution in [0.25, 0.3) is 10.8 Å². The molecule has 148 valence electrons. The van der Waals surface area contributed by atoms with Crippen LogP contribution in [0.4, 0.5) is 5.69 Å². The monoisotopic (exact) mass is 407 g/mol. The van der Waals surface area contributed by atoms with Crippen molar-refractivity contribution in [1.82, 2.24) is 5.43 Å². The molecule has 2 amide bonds. The van der Waals surface area contributed by atoms with Gasteiger partial charge in [-0.25, -0.2) is 5.43 Å². The SMILES string of the molecule is C/C(=N/NC(=O)CCC(=O)Nc1ccc(Cl)cc1C)c1ccc2ccccc2c1. The van der Waals surface area contributed by atoms with E-state index in [-0.39, 0.29) is 24.7 Å². The third-order valence-corrected chi connectivity index (χ3v) is 4.79. The first-order valence-corrected chi connectivity index (χ1v) is 9.68. The van der Waals surface area contributed by atoms with Gasteiger partial charge in [-0.1, -0.05) is 48.0 Å². The van der Waals surface area contributed by atoms with E-state index in [2.05, 4.69) is 15.8 Å². The van der Waals surface area contributed by atoms with Crippen LogP contribution in [0.1, 0.15) is 30.9 Å². The van der Waals surface area contributed by atoms with E-state index in [0.717, 1.165) is 21.9 Å². The van der Waals surface area contributed by atoms with Crippen molar-refractivity contribution in [2.75, 3.05) is 5.32 Å². The van der Waals surface area contributed by atoms with E-state index >= 15 is 0 Å². The summed E-state index contributed by atoms with van der Waals surface area (Å²) in [6.45, 7) is 3.69. The van der Waals surface area contributed by atoms with Gasteiger partial charge in [-0.3, -0.25) is 9.59 Å². The highest BCUT2D eigenvalue weighted by Crippen LogP contribution is 2.20. The van der Waals surface area contributed by atoms with Crippen molar-refractivity contribution in [2.24, 2.45) is 5.10 Å². The Morgan fingerprint density at radius 1 is 0.931 bits per heavy atom. The summed E-state index contributed by atoms with van der Waals surface area (Å²) in [6, 6.07) is 19.3. The van der Waals surface area contributed by atoms with Crippen molar-refractivity contribution in [1.29, 1.82) is 0 Å². The van der Waals surface area contributed by atoms with Gasteiger partial charge in [0.1, 0.15) is 0 Å². The van der Waals surface area contributed by atoms with Crippen LogP contribution in [-0.2, 0) is 9.59 Å². The quantitative estimate of drug-likeness (QED) is 0.442. The summed E-state index contributed by atoms with van der Waals surface area (Å²) in [5.41, 5.74) is 5.70. The van der Waals surface area contributed by atoms with Crippen molar-refractivity contribution < 1.29 is 9.59 Å². The largest absolute Gasteiger partial charge is 0.326 e. The van der Waals surface area contributed by atoms with Gasteiger partial charge in [-0.15, -0.1) is 0 Å². The van der Waals surface area contributed by atoms with Crippen LogP contribution in [-0.4, -0.2) is 17.5 Å². The van der Waals surface area contributed by atoms with Crippen molar-refractivity contribution >= 4 is 45.6 Å². The molecular formula is C23H22ClN3O2. The predicted octanol–water partition coefficient (Wildman–Crippen LogP) is 5.06. The van der Waals surface area contributed by atoms with Crippen molar-refractivity contribution in [3.63, 3.8) is 0 Å². The molecule has 0 aliphatic carbocycles. The third-order valence-electron chi connectivity index (χ3n) is 4.56. The number of halogens is 1. The zero-order valence-corrected chi connectivity index (χ0v) is 17.1. The number of nitrogens with one attached hydrogen (secondary N) is 2. The smallest absolute Gasteiger partial charge is 0.240 e. The molecule has 29 heavy (non-hydrogen) atoms. The van der Waals surface area contributed by atoms with E-state index in [1.165, 1.54) is 0 Å².